The molecule has 0 spiro atoms. The summed E-state index contributed by atoms with van der Waals surface area (Å²) in [6, 6.07) is -0.356. The van der Waals surface area contributed by atoms with Gasteiger partial charge in [-0.2, -0.15) is 0 Å². The van der Waals surface area contributed by atoms with Crippen molar-refractivity contribution in [2.24, 2.45) is 5.92 Å². The topological polar surface area (TPSA) is 49.3 Å². The van der Waals surface area contributed by atoms with Crippen LogP contribution in [0.5, 0.6) is 0 Å². The zero-order chi connectivity index (χ0) is 11.7. The average Bonchev–Trinajstić information content (AvgIpc) is 2.23. The van der Waals surface area contributed by atoms with Crippen LogP contribution in [-0.2, 0) is 4.79 Å². The standard InChI is InChI=1S/C12H25NO2/c1-4-7-8-11(12(14)15)13-9-10(5-2)6-3/h10-11,13H,4-9H2,1-3H3,(H,14,15)/t11-/m0/s1. The highest BCUT2D eigenvalue weighted by Gasteiger charge is 2.16. The molecule has 15 heavy (non-hydrogen) atoms. The number of carboxylic acids is 1. The van der Waals surface area contributed by atoms with Crippen molar-refractivity contribution in [3.05, 3.63) is 0 Å². The van der Waals surface area contributed by atoms with Gasteiger partial charge < -0.3 is 10.4 Å². The molecule has 90 valence electrons. The number of nitrogens with one attached hydrogen (secondary N) is 1. The summed E-state index contributed by atoms with van der Waals surface area (Å²) >= 11 is 0. The Balaban J connectivity index is 3.89. The van der Waals surface area contributed by atoms with Gasteiger partial charge in [0.1, 0.15) is 6.04 Å². The first kappa shape index (κ1) is 14.4. The molecule has 3 heteroatoms. The molecular formula is C12H25NO2. The number of aliphatic carboxylic acids is 1. The third-order valence-electron chi connectivity index (χ3n) is 2.95. The van der Waals surface area contributed by atoms with Crippen molar-refractivity contribution >= 4 is 5.97 Å². The molecule has 0 heterocycles. The normalized spacial score (nSPS) is 13.1. The fourth-order valence-corrected chi connectivity index (χ4v) is 1.61. The molecular weight excluding hydrogens is 190 g/mol. The fourth-order valence-electron chi connectivity index (χ4n) is 1.61. The summed E-state index contributed by atoms with van der Waals surface area (Å²) in [7, 11) is 0. The first-order valence-electron chi connectivity index (χ1n) is 6.11. The van der Waals surface area contributed by atoms with Gasteiger partial charge in [-0.3, -0.25) is 4.79 Å². The molecule has 0 fully saturated rings. The number of hydrogen-bond donors (Lipinski definition) is 2. The van der Waals surface area contributed by atoms with Gasteiger partial charge in [-0.1, -0.05) is 46.5 Å². The molecule has 3 nitrogen and oxygen atoms in total. The van der Waals surface area contributed by atoms with E-state index in [2.05, 4.69) is 26.1 Å². The van der Waals surface area contributed by atoms with Gasteiger partial charge in [-0.05, 0) is 18.9 Å². The van der Waals surface area contributed by atoms with Crippen molar-refractivity contribution in [1.29, 1.82) is 0 Å². The first-order valence-corrected chi connectivity index (χ1v) is 6.11. The molecule has 0 radical (unpaired) electrons. The largest absolute Gasteiger partial charge is 0.480 e. The van der Waals surface area contributed by atoms with Crippen molar-refractivity contribution in [2.75, 3.05) is 6.54 Å². The second kappa shape index (κ2) is 8.72. The molecule has 0 saturated heterocycles. The molecule has 0 aromatic rings. The molecule has 0 amide bonds. The van der Waals surface area contributed by atoms with Crippen LogP contribution >= 0.6 is 0 Å². The summed E-state index contributed by atoms with van der Waals surface area (Å²) in [5, 5.41) is 12.2. The molecule has 0 aromatic carbocycles. The maximum absolute atomic E-state index is 10.9. The first-order chi connectivity index (χ1) is 7.15. The van der Waals surface area contributed by atoms with Crippen LogP contribution in [0.2, 0.25) is 0 Å². The van der Waals surface area contributed by atoms with Crippen LogP contribution in [0.3, 0.4) is 0 Å². The van der Waals surface area contributed by atoms with Crippen LogP contribution < -0.4 is 5.32 Å². The molecule has 0 aliphatic heterocycles. The number of rotatable bonds is 9. The van der Waals surface area contributed by atoms with Crippen LogP contribution in [0, 0.1) is 5.92 Å². The second-order valence-electron chi connectivity index (χ2n) is 4.12. The zero-order valence-electron chi connectivity index (χ0n) is 10.3. The lowest BCUT2D eigenvalue weighted by molar-refractivity contribution is -0.139. The minimum Gasteiger partial charge on any atom is -0.480 e. The number of hydrogen-bond acceptors (Lipinski definition) is 2. The molecule has 0 aliphatic rings. The molecule has 0 bridgehead atoms. The van der Waals surface area contributed by atoms with Crippen LogP contribution in [0.25, 0.3) is 0 Å². The van der Waals surface area contributed by atoms with Gasteiger partial charge in [0.05, 0.1) is 0 Å². The smallest absolute Gasteiger partial charge is 0.320 e. The molecule has 0 rings (SSSR count). The van der Waals surface area contributed by atoms with Crippen molar-refractivity contribution < 1.29 is 9.90 Å². The SMILES string of the molecule is CCCC[C@H](NCC(CC)CC)C(=O)O. The van der Waals surface area contributed by atoms with Gasteiger partial charge in [0.25, 0.3) is 0 Å². The lowest BCUT2D eigenvalue weighted by Crippen LogP contribution is -2.39. The van der Waals surface area contributed by atoms with E-state index in [4.69, 9.17) is 5.11 Å². The van der Waals surface area contributed by atoms with E-state index >= 15 is 0 Å². The van der Waals surface area contributed by atoms with Gasteiger partial charge in [0.15, 0.2) is 0 Å². The van der Waals surface area contributed by atoms with Crippen molar-refractivity contribution in [3.8, 4) is 0 Å². The average molecular weight is 215 g/mol. The highest BCUT2D eigenvalue weighted by atomic mass is 16.4. The Hall–Kier alpha value is -0.570. The van der Waals surface area contributed by atoms with Gasteiger partial charge >= 0.3 is 5.97 Å². The van der Waals surface area contributed by atoms with Gasteiger partial charge in [-0.25, -0.2) is 0 Å². The predicted octanol–water partition coefficient (Wildman–Crippen LogP) is 2.66. The van der Waals surface area contributed by atoms with Crippen LogP contribution in [0.4, 0.5) is 0 Å². The molecule has 0 saturated carbocycles. The quantitative estimate of drug-likeness (QED) is 0.621. The second-order valence-corrected chi connectivity index (χ2v) is 4.12. The molecule has 2 N–H and O–H groups in total. The summed E-state index contributed by atoms with van der Waals surface area (Å²) in [4.78, 5) is 10.9. The minimum absolute atomic E-state index is 0.356. The van der Waals surface area contributed by atoms with Gasteiger partial charge in [0, 0.05) is 0 Å². The van der Waals surface area contributed by atoms with Crippen molar-refractivity contribution in [3.63, 3.8) is 0 Å². The summed E-state index contributed by atoms with van der Waals surface area (Å²) < 4.78 is 0. The zero-order valence-corrected chi connectivity index (χ0v) is 10.3. The Bertz CT molecular complexity index is 167. The maximum atomic E-state index is 10.9. The molecule has 0 unspecified atom stereocenters. The Morgan fingerprint density at radius 2 is 1.87 bits per heavy atom. The lowest BCUT2D eigenvalue weighted by Gasteiger charge is -2.18. The summed E-state index contributed by atoms with van der Waals surface area (Å²) in [5.74, 6) is -0.108. The molecule has 0 aromatic heterocycles. The van der Waals surface area contributed by atoms with Gasteiger partial charge in [0.2, 0.25) is 0 Å². The van der Waals surface area contributed by atoms with E-state index in [0.29, 0.717) is 5.92 Å². The highest BCUT2D eigenvalue weighted by Crippen LogP contribution is 2.07. The lowest BCUT2D eigenvalue weighted by atomic mass is 10.0. The summed E-state index contributed by atoms with van der Waals surface area (Å²) in [5.41, 5.74) is 0. The van der Waals surface area contributed by atoms with Gasteiger partial charge in [-0.15, -0.1) is 0 Å². The fraction of sp³-hybridized carbons (Fsp3) is 0.917. The van der Waals surface area contributed by atoms with E-state index in [9.17, 15) is 4.79 Å². The Morgan fingerprint density at radius 1 is 1.27 bits per heavy atom. The van der Waals surface area contributed by atoms with E-state index in [1.54, 1.807) is 0 Å². The Labute approximate surface area is 93.3 Å². The number of unbranched alkanes of at least 4 members (excludes halogenated alkanes) is 1. The van der Waals surface area contributed by atoms with E-state index in [1.165, 1.54) is 0 Å². The van der Waals surface area contributed by atoms with Crippen molar-refractivity contribution in [2.45, 2.75) is 58.9 Å². The van der Waals surface area contributed by atoms with Crippen LogP contribution in [0.15, 0.2) is 0 Å². The number of carboxylic acid groups (broad SMARTS) is 1. The number of carbonyl (C=O) groups is 1. The van der Waals surface area contributed by atoms with Crippen LogP contribution in [0.1, 0.15) is 52.9 Å². The third kappa shape index (κ3) is 6.50. The van der Waals surface area contributed by atoms with E-state index in [1.807, 2.05) is 0 Å². The predicted molar refractivity (Wildman–Crippen MR) is 63.0 cm³/mol. The minimum atomic E-state index is -0.714. The highest BCUT2D eigenvalue weighted by molar-refractivity contribution is 5.73. The van der Waals surface area contributed by atoms with Crippen LogP contribution in [-0.4, -0.2) is 23.7 Å². The van der Waals surface area contributed by atoms with E-state index in [-0.39, 0.29) is 6.04 Å². The molecule has 1 atom stereocenters. The van der Waals surface area contributed by atoms with Crippen molar-refractivity contribution in [1.82, 2.24) is 5.32 Å². The maximum Gasteiger partial charge on any atom is 0.320 e. The Kier molecular flexibility index (Phi) is 8.38. The third-order valence-corrected chi connectivity index (χ3v) is 2.95. The Morgan fingerprint density at radius 3 is 2.27 bits per heavy atom. The summed E-state index contributed by atoms with van der Waals surface area (Å²) in [6.45, 7) is 7.21. The van der Waals surface area contributed by atoms with E-state index < -0.39 is 5.97 Å². The summed E-state index contributed by atoms with van der Waals surface area (Å²) in [6.07, 6.45) is 5.00. The molecule has 0 aliphatic carbocycles. The monoisotopic (exact) mass is 215 g/mol. The van der Waals surface area contributed by atoms with E-state index in [0.717, 1.165) is 38.6 Å².